The molecule has 0 aromatic carbocycles. The van der Waals surface area contributed by atoms with E-state index in [0.717, 1.165) is 46.3 Å². The lowest BCUT2D eigenvalue weighted by molar-refractivity contribution is 0.0554. The van der Waals surface area contributed by atoms with Crippen molar-refractivity contribution in [3.05, 3.63) is 0 Å². The zero-order valence-corrected chi connectivity index (χ0v) is 10.6. The van der Waals surface area contributed by atoms with Crippen molar-refractivity contribution < 1.29 is 0 Å². The summed E-state index contributed by atoms with van der Waals surface area (Å²) in [6.45, 7) is 10.2. The van der Waals surface area contributed by atoms with Crippen molar-refractivity contribution in [2.45, 2.75) is 47.0 Å². The first-order valence-electron chi connectivity index (χ1n) is 7.01. The maximum absolute atomic E-state index is 2.64. The quantitative estimate of drug-likeness (QED) is 0.606. The van der Waals surface area contributed by atoms with Gasteiger partial charge in [0.1, 0.15) is 0 Å². The monoisotopic (exact) mass is 204 g/mol. The van der Waals surface area contributed by atoms with E-state index in [2.05, 4.69) is 27.7 Å². The van der Waals surface area contributed by atoms with Crippen LogP contribution in [0.1, 0.15) is 47.0 Å². The van der Waals surface area contributed by atoms with E-state index in [1.54, 1.807) is 12.8 Å². The molecule has 0 nitrogen and oxygen atoms in total. The largest absolute Gasteiger partial charge is 0.0625 e. The highest BCUT2D eigenvalue weighted by atomic mass is 14.9. The molecule has 0 aliphatic heterocycles. The Hall–Kier alpha value is 0. The lowest BCUT2D eigenvalue weighted by Gasteiger charge is -2.43. The standard InChI is InChI=1S/C15H24/c1-8(2)9-5-6-14(3)10-7-11-13(14)15(11,4)12(9)10/h8-13H,5-7H2,1-4H3/t9-,10-,11-,12-,13-,14+,15+/m1/s1. The molecule has 0 heterocycles. The lowest BCUT2D eigenvalue weighted by atomic mass is 9.62. The van der Waals surface area contributed by atoms with E-state index in [9.17, 15) is 0 Å². The molecule has 0 radical (unpaired) electrons. The summed E-state index contributed by atoms with van der Waals surface area (Å²) in [5.41, 5.74) is 1.60. The van der Waals surface area contributed by atoms with Crippen LogP contribution in [0.15, 0.2) is 0 Å². The molecule has 5 aliphatic rings. The fourth-order valence-corrected chi connectivity index (χ4v) is 6.91. The molecule has 5 rings (SSSR count). The van der Waals surface area contributed by atoms with Crippen molar-refractivity contribution >= 4 is 0 Å². The normalized spacial score (nSPS) is 69.0. The Morgan fingerprint density at radius 1 is 1.13 bits per heavy atom. The van der Waals surface area contributed by atoms with Gasteiger partial charge in [0.2, 0.25) is 0 Å². The Kier molecular flexibility index (Phi) is 1.31. The molecule has 5 fully saturated rings. The zero-order valence-electron chi connectivity index (χ0n) is 10.6. The second-order valence-electron chi connectivity index (χ2n) is 7.77. The molecule has 6 bridgehead atoms. The fraction of sp³-hybridized carbons (Fsp3) is 1.00. The summed E-state index contributed by atoms with van der Waals surface area (Å²) < 4.78 is 0. The van der Waals surface area contributed by atoms with Crippen LogP contribution in [0.4, 0.5) is 0 Å². The predicted molar refractivity (Wildman–Crippen MR) is 62.4 cm³/mol. The van der Waals surface area contributed by atoms with Gasteiger partial charge in [-0.25, -0.2) is 0 Å². The van der Waals surface area contributed by atoms with Crippen molar-refractivity contribution in [3.63, 3.8) is 0 Å². The van der Waals surface area contributed by atoms with Crippen LogP contribution in [-0.2, 0) is 0 Å². The summed E-state index contributed by atoms with van der Waals surface area (Å²) in [5.74, 6) is 6.52. The molecular formula is C15H24. The third-order valence-corrected chi connectivity index (χ3v) is 7.31. The first-order valence-corrected chi connectivity index (χ1v) is 7.01. The minimum atomic E-state index is 0.787. The van der Waals surface area contributed by atoms with Gasteiger partial charge in [0.15, 0.2) is 0 Å². The molecule has 5 aliphatic carbocycles. The third kappa shape index (κ3) is 0.691. The first kappa shape index (κ1) is 9.07. The second-order valence-corrected chi connectivity index (χ2v) is 7.77. The molecule has 0 amide bonds. The Balaban J connectivity index is 1.81. The molecule has 0 aromatic rings. The summed E-state index contributed by atoms with van der Waals surface area (Å²) in [5, 5.41) is 0. The summed E-state index contributed by atoms with van der Waals surface area (Å²) in [4.78, 5) is 0. The third-order valence-electron chi connectivity index (χ3n) is 7.31. The molecule has 84 valence electrons. The minimum absolute atomic E-state index is 0.787. The van der Waals surface area contributed by atoms with Crippen molar-refractivity contribution in [2.24, 2.45) is 46.3 Å². The van der Waals surface area contributed by atoms with Gasteiger partial charge in [0.05, 0.1) is 0 Å². The molecule has 0 saturated heterocycles. The van der Waals surface area contributed by atoms with Crippen LogP contribution in [0.25, 0.3) is 0 Å². The summed E-state index contributed by atoms with van der Waals surface area (Å²) in [7, 11) is 0. The second kappa shape index (κ2) is 2.17. The van der Waals surface area contributed by atoms with E-state index in [1.807, 2.05) is 0 Å². The smallest absolute Gasteiger partial charge is 0.0224 e. The Morgan fingerprint density at radius 2 is 1.87 bits per heavy atom. The number of rotatable bonds is 1. The van der Waals surface area contributed by atoms with E-state index in [0.29, 0.717) is 0 Å². The molecule has 5 saturated carbocycles. The van der Waals surface area contributed by atoms with Gasteiger partial charge in [0.25, 0.3) is 0 Å². The van der Waals surface area contributed by atoms with Gasteiger partial charge in [-0.2, -0.15) is 0 Å². The summed E-state index contributed by atoms with van der Waals surface area (Å²) >= 11 is 0. The summed E-state index contributed by atoms with van der Waals surface area (Å²) in [6.07, 6.45) is 4.69. The van der Waals surface area contributed by atoms with Gasteiger partial charge in [-0.1, -0.05) is 27.7 Å². The maximum Gasteiger partial charge on any atom is -0.0224 e. The molecule has 0 aromatic heterocycles. The number of hydrogen-bond donors (Lipinski definition) is 0. The highest BCUT2D eigenvalue weighted by Crippen LogP contribution is 2.91. The molecule has 0 spiro atoms. The minimum Gasteiger partial charge on any atom is -0.0625 e. The molecular weight excluding hydrogens is 180 g/mol. The molecule has 7 atom stereocenters. The zero-order chi connectivity index (χ0) is 10.6. The fourth-order valence-electron chi connectivity index (χ4n) is 6.91. The SMILES string of the molecule is CC(C)[C@H]1CC[C@@]2(C)[C@@H]3C[C@@H]4[C@H]2[C@]4(C)[C@H]13. The van der Waals surface area contributed by atoms with Gasteiger partial charge in [-0.15, -0.1) is 0 Å². The van der Waals surface area contributed by atoms with Gasteiger partial charge < -0.3 is 0 Å². The van der Waals surface area contributed by atoms with Gasteiger partial charge in [0, 0.05) is 0 Å². The van der Waals surface area contributed by atoms with Gasteiger partial charge in [-0.3, -0.25) is 0 Å². The highest BCUT2D eigenvalue weighted by Gasteiger charge is 2.86. The molecule has 0 unspecified atom stereocenters. The maximum atomic E-state index is 2.64. The van der Waals surface area contributed by atoms with Crippen LogP contribution in [0, 0.1) is 46.3 Å². The van der Waals surface area contributed by atoms with Crippen molar-refractivity contribution in [3.8, 4) is 0 Å². The Bertz CT molecular complexity index is 331. The van der Waals surface area contributed by atoms with Crippen LogP contribution < -0.4 is 0 Å². The molecule has 0 heteroatoms. The predicted octanol–water partition coefficient (Wildman–Crippen LogP) is 3.96. The van der Waals surface area contributed by atoms with Crippen LogP contribution in [0.5, 0.6) is 0 Å². The van der Waals surface area contributed by atoms with E-state index in [4.69, 9.17) is 0 Å². The average Bonchev–Trinajstić information content (AvgIpc) is 2.44. The topological polar surface area (TPSA) is 0 Å². The summed E-state index contributed by atoms with van der Waals surface area (Å²) in [6, 6.07) is 0. The van der Waals surface area contributed by atoms with E-state index >= 15 is 0 Å². The van der Waals surface area contributed by atoms with Crippen LogP contribution in [0.2, 0.25) is 0 Å². The van der Waals surface area contributed by atoms with Crippen molar-refractivity contribution in [1.29, 1.82) is 0 Å². The van der Waals surface area contributed by atoms with E-state index < -0.39 is 0 Å². The van der Waals surface area contributed by atoms with Crippen LogP contribution in [0.3, 0.4) is 0 Å². The first-order chi connectivity index (χ1) is 7.01. The number of hydrogen-bond acceptors (Lipinski definition) is 0. The molecule has 15 heavy (non-hydrogen) atoms. The van der Waals surface area contributed by atoms with Gasteiger partial charge >= 0.3 is 0 Å². The lowest BCUT2D eigenvalue weighted by Crippen LogP contribution is -2.36. The van der Waals surface area contributed by atoms with Crippen molar-refractivity contribution in [2.75, 3.05) is 0 Å². The van der Waals surface area contributed by atoms with Crippen LogP contribution >= 0.6 is 0 Å². The van der Waals surface area contributed by atoms with E-state index in [-0.39, 0.29) is 0 Å². The van der Waals surface area contributed by atoms with Crippen molar-refractivity contribution in [1.82, 2.24) is 0 Å². The van der Waals surface area contributed by atoms with E-state index in [1.165, 1.54) is 6.42 Å². The van der Waals surface area contributed by atoms with Gasteiger partial charge in [-0.05, 0) is 65.6 Å². The molecule has 0 N–H and O–H groups in total. The average molecular weight is 204 g/mol. The Labute approximate surface area is 93.8 Å². The Morgan fingerprint density at radius 3 is 2.47 bits per heavy atom. The highest BCUT2D eigenvalue weighted by molar-refractivity contribution is 5.33. The van der Waals surface area contributed by atoms with Crippen LogP contribution in [-0.4, -0.2) is 0 Å².